The van der Waals surface area contributed by atoms with Gasteiger partial charge in [-0.2, -0.15) is 0 Å². The molecule has 0 radical (unpaired) electrons. The first-order valence-corrected chi connectivity index (χ1v) is 8.01. The molecule has 0 bridgehead atoms. The third-order valence-corrected chi connectivity index (χ3v) is 4.77. The van der Waals surface area contributed by atoms with Crippen molar-refractivity contribution in [3.8, 4) is 0 Å². The Hall–Kier alpha value is -1.13. The Balaban J connectivity index is 1.64. The molecule has 0 atom stereocenters. The standard InChI is InChI=1S/C15H21N3S/c16-15-18-13-8-7-11(9-14(13)19-15)10-17-12-5-3-1-2-4-6-12/h7-9,12,17H,1-6,10H2,(H2,16,18). The molecule has 1 saturated carbocycles. The molecule has 3 nitrogen and oxygen atoms in total. The number of thiazole rings is 1. The Morgan fingerprint density at radius 1 is 1.21 bits per heavy atom. The van der Waals surface area contributed by atoms with Crippen molar-refractivity contribution in [2.45, 2.75) is 51.1 Å². The molecule has 1 heterocycles. The number of hydrogen-bond donors (Lipinski definition) is 2. The highest BCUT2D eigenvalue weighted by Gasteiger charge is 2.11. The van der Waals surface area contributed by atoms with E-state index in [0.717, 1.165) is 12.1 Å². The zero-order valence-electron chi connectivity index (χ0n) is 11.2. The fraction of sp³-hybridized carbons (Fsp3) is 0.533. The van der Waals surface area contributed by atoms with Gasteiger partial charge in [-0.05, 0) is 30.5 Å². The number of fused-ring (bicyclic) bond motifs is 1. The number of hydrogen-bond acceptors (Lipinski definition) is 4. The molecular formula is C15H21N3S. The highest BCUT2D eigenvalue weighted by molar-refractivity contribution is 7.22. The number of nitrogens with zero attached hydrogens (tertiary/aromatic N) is 1. The Morgan fingerprint density at radius 2 is 2.00 bits per heavy atom. The second kappa shape index (κ2) is 5.88. The first kappa shape index (κ1) is 12.9. The van der Waals surface area contributed by atoms with Gasteiger partial charge in [0.1, 0.15) is 0 Å². The summed E-state index contributed by atoms with van der Waals surface area (Å²) in [5.74, 6) is 0. The van der Waals surface area contributed by atoms with Gasteiger partial charge in [0, 0.05) is 12.6 Å². The van der Waals surface area contributed by atoms with E-state index in [9.17, 15) is 0 Å². The molecule has 1 fully saturated rings. The minimum absolute atomic E-state index is 0.656. The third kappa shape index (κ3) is 3.25. The molecule has 1 aromatic heterocycles. The molecule has 1 aromatic carbocycles. The van der Waals surface area contributed by atoms with Crippen LogP contribution < -0.4 is 11.1 Å². The zero-order valence-corrected chi connectivity index (χ0v) is 12.0. The van der Waals surface area contributed by atoms with Crippen molar-refractivity contribution in [2.24, 2.45) is 0 Å². The molecule has 1 aliphatic rings. The van der Waals surface area contributed by atoms with Crippen molar-refractivity contribution < 1.29 is 0 Å². The Labute approximate surface area is 118 Å². The quantitative estimate of drug-likeness (QED) is 0.840. The van der Waals surface area contributed by atoms with Crippen LogP contribution in [0.3, 0.4) is 0 Å². The zero-order chi connectivity index (χ0) is 13.1. The number of aromatic nitrogens is 1. The van der Waals surface area contributed by atoms with Crippen molar-refractivity contribution in [3.05, 3.63) is 23.8 Å². The lowest BCUT2D eigenvalue weighted by molar-refractivity contribution is 0.459. The molecular weight excluding hydrogens is 254 g/mol. The number of nitrogens with two attached hydrogens (primary N) is 1. The largest absolute Gasteiger partial charge is 0.375 e. The predicted octanol–water partition coefficient (Wildman–Crippen LogP) is 3.69. The van der Waals surface area contributed by atoms with Crippen LogP contribution in [0, 0.1) is 0 Å². The number of nitrogens with one attached hydrogen (secondary N) is 1. The Kier molecular flexibility index (Phi) is 3.99. The first-order chi connectivity index (χ1) is 9.31. The number of anilines is 1. The van der Waals surface area contributed by atoms with Crippen molar-refractivity contribution in [3.63, 3.8) is 0 Å². The van der Waals surface area contributed by atoms with Crippen molar-refractivity contribution in [1.29, 1.82) is 0 Å². The van der Waals surface area contributed by atoms with Crippen LogP contribution in [0.5, 0.6) is 0 Å². The van der Waals surface area contributed by atoms with Crippen LogP contribution >= 0.6 is 11.3 Å². The highest BCUT2D eigenvalue weighted by atomic mass is 32.1. The molecule has 19 heavy (non-hydrogen) atoms. The summed E-state index contributed by atoms with van der Waals surface area (Å²) in [6, 6.07) is 7.15. The van der Waals surface area contributed by atoms with Gasteiger partial charge in [-0.3, -0.25) is 0 Å². The van der Waals surface area contributed by atoms with Crippen LogP contribution in [-0.4, -0.2) is 11.0 Å². The average molecular weight is 275 g/mol. The van der Waals surface area contributed by atoms with Gasteiger partial charge in [0.2, 0.25) is 0 Å². The lowest BCUT2D eigenvalue weighted by Crippen LogP contribution is -2.27. The molecule has 3 rings (SSSR count). The fourth-order valence-electron chi connectivity index (χ4n) is 2.84. The summed E-state index contributed by atoms with van der Waals surface area (Å²) in [5.41, 5.74) is 8.09. The van der Waals surface area contributed by atoms with E-state index in [0.29, 0.717) is 11.2 Å². The minimum atomic E-state index is 0.656. The van der Waals surface area contributed by atoms with Crippen LogP contribution in [0.15, 0.2) is 18.2 Å². The number of benzene rings is 1. The van der Waals surface area contributed by atoms with Crippen molar-refractivity contribution >= 4 is 26.7 Å². The van der Waals surface area contributed by atoms with Gasteiger partial charge in [-0.15, -0.1) is 0 Å². The molecule has 0 unspecified atom stereocenters. The van der Waals surface area contributed by atoms with Crippen molar-refractivity contribution in [1.82, 2.24) is 10.3 Å². The van der Waals surface area contributed by atoms with Gasteiger partial charge >= 0.3 is 0 Å². The van der Waals surface area contributed by atoms with E-state index in [2.05, 4.69) is 28.5 Å². The molecule has 102 valence electrons. The molecule has 4 heteroatoms. The van der Waals surface area contributed by atoms with E-state index >= 15 is 0 Å². The van der Waals surface area contributed by atoms with Crippen LogP contribution in [0.1, 0.15) is 44.1 Å². The fourth-order valence-corrected chi connectivity index (χ4v) is 3.64. The summed E-state index contributed by atoms with van der Waals surface area (Å²) in [5, 5.41) is 4.36. The summed E-state index contributed by atoms with van der Waals surface area (Å²) in [6.45, 7) is 0.957. The summed E-state index contributed by atoms with van der Waals surface area (Å²) in [6.07, 6.45) is 8.23. The van der Waals surface area contributed by atoms with Gasteiger partial charge in [-0.1, -0.05) is 43.1 Å². The van der Waals surface area contributed by atoms with Crippen LogP contribution in [-0.2, 0) is 6.54 Å². The summed E-state index contributed by atoms with van der Waals surface area (Å²) in [4.78, 5) is 4.29. The first-order valence-electron chi connectivity index (χ1n) is 7.19. The second-order valence-electron chi connectivity index (χ2n) is 5.42. The molecule has 0 saturated heterocycles. The summed E-state index contributed by atoms with van der Waals surface area (Å²) < 4.78 is 1.19. The van der Waals surface area contributed by atoms with Crippen LogP contribution in [0.2, 0.25) is 0 Å². The molecule has 0 spiro atoms. The SMILES string of the molecule is Nc1nc2ccc(CNC3CCCCCC3)cc2s1. The van der Waals surface area contributed by atoms with E-state index < -0.39 is 0 Å². The minimum Gasteiger partial charge on any atom is -0.375 e. The van der Waals surface area contributed by atoms with Gasteiger partial charge in [0.25, 0.3) is 0 Å². The smallest absolute Gasteiger partial charge is 0.181 e. The van der Waals surface area contributed by atoms with Gasteiger partial charge < -0.3 is 11.1 Å². The highest BCUT2D eigenvalue weighted by Crippen LogP contribution is 2.25. The maximum Gasteiger partial charge on any atom is 0.181 e. The van der Waals surface area contributed by atoms with Crippen molar-refractivity contribution in [2.75, 3.05) is 5.73 Å². The van der Waals surface area contributed by atoms with E-state index in [4.69, 9.17) is 5.73 Å². The van der Waals surface area contributed by atoms with E-state index in [1.54, 1.807) is 11.3 Å². The van der Waals surface area contributed by atoms with Gasteiger partial charge in [0.15, 0.2) is 5.13 Å². The lowest BCUT2D eigenvalue weighted by Gasteiger charge is -2.16. The maximum absolute atomic E-state index is 5.74. The molecule has 0 aliphatic heterocycles. The van der Waals surface area contributed by atoms with E-state index in [1.807, 2.05) is 0 Å². The van der Waals surface area contributed by atoms with Gasteiger partial charge in [-0.25, -0.2) is 4.98 Å². The van der Waals surface area contributed by atoms with Gasteiger partial charge in [0.05, 0.1) is 10.2 Å². The molecule has 1 aliphatic carbocycles. The average Bonchev–Trinajstić information content (AvgIpc) is 2.62. The normalized spacial score (nSPS) is 17.7. The van der Waals surface area contributed by atoms with Crippen LogP contribution in [0.4, 0.5) is 5.13 Å². The Morgan fingerprint density at radius 3 is 2.79 bits per heavy atom. The predicted molar refractivity (Wildman–Crippen MR) is 82.4 cm³/mol. The van der Waals surface area contributed by atoms with E-state index in [-0.39, 0.29) is 0 Å². The molecule has 0 amide bonds. The number of nitrogen functional groups attached to an aromatic ring is 1. The molecule has 3 N–H and O–H groups in total. The lowest BCUT2D eigenvalue weighted by atomic mass is 10.1. The maximum atomic E-state index is 5.74. The summed E-state index contributed by atoms with van der Waals surface area (Å²) >= 11 is 1.57. The Bertz CT molecular complexity index is 541. The monoisotopic (exact) mass is 275 g/mol. The topological polar surface area (TPSA) is 50.9 Å². The third-order valence-electron chi connectivity index (χ3n) is 3.92. The summed E-state index contributed by atoms with van der Waals surface area (Å²) in [7, 11) is 0. The van der Waals surface area contributed by atoms with E-state index in [1.165, 1.54) is 48.8 Å². The molecule has 2 aromatic rings. The van der Waals surface area contributed by atoms with Crippen LogP contribution in [0.25, 0.3) is 10.2 Å². The second-order valence-corrected chi connectivity index (χ2v) is 6.49. The number of rotatable bonds is 3.